The van der Waals surface area contributed by atoms with Crippen molar-refractivity contribution in [2.75, 3.05) is 0 Å². The first-order valence-electron chi connectivity index (χ1n) is 4.75. The lowest BCUT2D eigenvalue weighted by Gasteiger charge is -2.11. The number of carbonyl (C=O) groups excluding carboxylic acids is 1. The normalized spacial score (nSPS) is 10.7. The van der Waals surface area contributed by atoms with Crippen LogP contribution in [-0.4, -0.2) is 12.1 Å². The highest BCUT2D eigenvalue weighted by atomic mass is 19.2. The zero-order valence-electron chi connectivity index (χ0n) is 9.28. The van der Waals surface area contributed by atoms with E-state index in [0.717, 1.165) is 0 Å². The van der Waals surface area contributed by atoms with Crippen LogP contribution in [0.5, 0.6) is 5.75 Å². The van der Waals surface area contributed by atoms with Crippen molar-refractivity contribution in [1.82, 2.24) is 5.32 Å². The van der Waals surface area contributed by atoms with Gasteiger partial charge in [0.25, 0.3) is 0 Å². The molecule has 1 amide bonds. The Kier molecular flexibility index (Phi) is 4.10. The van der Waals surface area contributed by atoms with Crippen LogP contribution in [0, 0.1) is 29.1 Å². The van der Waals surface area contributed by atoms with Crippen molar-refractivity contribution >= 4 is 6.09 Å². The van der Waals surface area contributed by atoms with E-state index in [-0.39, 0.29) is 0 Å². The zero-order chi connectivity index (χ0) is 14.0. The third-order valence-corrected chi connectivity index (χ3v) is 1.77. The molecular formula is C10H8F5NO2. The van der Waals surface area contributed by atoms with Gasteiger partial charge in [-0.05, 0) is 13.8 Å². The topological polar surface area (TPSA) is 38.3 Å². The molecule has 100 valence electrons. The van der Waals surface area contributed by atoms with Crippen LogP contribution >= 0.6 is 0 Å². The van der Waals surface area contributed by atoms with E-state index in [9.17, 15) is 26.7 Å². The monoisotopic (exact) mass is 269 g/mol. The standard InChI is InChI=1S/C10H8F5NO2/c1-3(2)16-10(17)18-9-7(14)5(12)4(11)6(13)8(9)15/h3H,1-2H3,(H,16,17). The van der Waals surface area contributed by atoms with E-state index in [4.69, 9.17) is 0 Å². The number of hydrogen-bond donors (Lipinski definition) is 1. The highest BCUT2D eigenvalue weighted by molar-refractivity contribution is 5.70. The van der Waals surface area contributed by atoms with Crippen molar-refractivity contribution in [1.29, 1.82) is 0 Å². The number of carbonyl (C=O) groups is 1. The average molecular weight is 269 g/mol. The predicted octanol–water partition coefficient (Wildman–Crippen LogP) is 2.88. The molecule has 3 nitrogen and oxygen atoms in total. The third kappa shape index (κ3) is 2.69. The molecule has 0 fully saturated rings. The first kappa shape index (κ1) is 14.2. The average Bonchev–Trinajstić information content (AvgIpc) is 2.29. The van der Waals surface area contributed by atoms with Gasteiger partial charge in [0.15, 0.2) is 0 Å². The fourth-order valence-electron chi connectivity index (χ4n) is 1.03. The Morgan fingerprint density at radius 1 is 0.944 bits per heavy atom. The van der Waals surface area contributed by atoms with Crippen molar-refractivity contribution in [2.24, 2.45) is 0 Å². The van der Waals surface area contributed by atoms with Gasteiger partial charge in [0, 0.05) is 6.04 Å². The Morgan fingerprint density at radius 2 is 1.33 bits per heavy atom. The summed E-state index contributed by atoms with van der Waals surface area (Å²) >= 11 is 0. The summed E-state index contributed by atoms with van der Waals surface area (Å²) in [5.41, 5.74) is 0. The summed E-state index contributed by atoms with van der Waals surface area (Å²) in [4.78, 5) is 11.0. The molecule has 0 spiro atoms. The molecule has 0 aromatic heterocycles. The van der Waals surface area contributed by atoms with Gasteiger partial charge in [0.1, 0.15) is 0 Å². The smallest absolute Gasteiger partial charge is 0.404 e. The fraction of sp³-hybridized carbons (Fsp3) is 0.300. The number of benzene rings is 1. The molecule has 0 heterocycles. The lowest BCUT2D eigenvalue weighted by molar-refractivity contribution is 0.190. The largest absolute Gasteiger partial charge is 0.413 e. The first-order valence-corrected chi connectivity index (χ1v) is 4.75. The van der Waals surface area contributed by atoms with Crippen molar-refractivity contribution in [3.05, 3.63) is 29.1 Å². The minimum atomic E-state index is -2.32. The molecule has 1 N–H and O–H groups in total. The lowest BCUT2D eigenvalue weighted by Crippen LogP contribution is -2.33. The molecule has 0 unspecified atom stereocenters. The van der Waals surface area contributed by atoms with Crippen molar-refractivity contribution < 1.29 is 31.5 Å². The highest BCUT2D eigenvalue weighted by Crippen LogP contribution is 2.29. The zero-order valence-corrected chi connectivity index (χ0v) is 9.28. The van der Waals surface area contributed by atoms with E-state index in [1.807, 2.05) is 0 Å². The summed E-state index contributed by atoms with van der Waals surface area (Å²) in [5.74, 6) is -12.7. The first-order chi connectivity index (χ1) is 8.25. The maximum Gasteiger partial charge on any atom is 0.413 e. The van der Waals surface area contributed by atoms with E-state index < -0.39 is 47.0 Å². The van der Waals surface area contributed by atoms with Crippen molar-refractivity contribution in [3.63, 3.8) is 0 Å². The number of nitrogens with one attached hydrogen (secondary N) is 1. The molecule has 8 heteroatoms. The van der Waals surface area contributed by atoms with Crippen LogP contribution < -0.4 is 10.1 Å². The maximum absolute atomic E-state index is 13.1. The van der Waals surface area contributed by atoms with Crippen LogP contribution in [0.15, 0.2) is 0 Å². The van der Waals surface area contributed by atoms with Crippen LogP contribution in [0.1, 0.15) is 13.8 Å². The van der Waals surface area contributed by atoms with Crippen LogP contribution in [0.4, 0.5) is 26.7 Å². The molecule has 18 heavy (non-hydrogen) atoms. The van der Waals surface area contributed by atoms with Crippen molar-refractivity contribution in [2.45, 2.75) is 19.9 Å². The van der Waals surface area contributed by atoms with Crippen molar-refractivity contribution in [3.8, 4) is 5.75 Å². The van der Waals surface area contributed by atoms with Crippen LogP contribution in [0.2, 0.25) is 0 Å². The molecule has 1 aromatic carbocycles. The maximum atomic E-state index is 13.1. The molecule has 0 saturated heterocycles. The van der Waals surface area contributed by atoms with E-state index in [1.165, 1.54) is 13.8 Å². The SMILES string of the molecule is CC(C)NC(=O)Oc1c(F)c(F)c(F)c(F)c1F. The number of amides is 1. The van der Waals surface area contributed by atoms with Gasteiger partial charge in [-0.2, -0.15) is 8.78 Å². The van der Waals surface area contributed by atoms with Crippen LogP contribution in [0.3, 0.4) is 0 Å². The summed E-state index contributed by atoms with van der Waals surface area (Å²) in [5, 5.41) is 2.07. The molecule has 0 bridgehead atoms. The minimum absolute atomic E-state index is 0.432. The molecule has 0 aliphatic carbocycles. The Hall–Kier alpha value is -1.86. The van der Waals surface area contributed by atoms with E-state index in [2.05, 4.69) is 10.1 Å². The third-order valence-electron chi connectivity index (χ3n) is 1.77. The van der Waals surface area contributed by atoms with E-state index >= 15 is 0 Å². The van der Waals surface area contributed by atoms with Gasteiger partial charge in [-0.25, -0.2) is 18.0 Å². The minimum Gasteiger partial charge on any atom is -0.404 e. The van der Waals surface area contributed by atoms with Crippen LogP contribution in [0.25, 0.3) is 0 Å². The Labute approximate surface area is 98.5 Å². The van der Waals surface area contributed by atoms with E-state index in [0.29, 0.717) is 0 Å². The molecule has 0 radical (unpaired) electrons. The lowest BCUT2D eigenvalue weighted by atomic mass is 10.2. The second-order valence-electron chi connectivity index (χ2n) is 3.59. The van der Waals surface area contributed by atoms with Gasteiger partial charge in [-0.1, -0.05) is 0 Å². The Morgan fingerprint density at radius 3 is 1.72 bits per heavy atom. The van der Waals surface area contributed by atoms with Gasteiger partial charge in [0.2, 0.25) is 34.8 Å². The predicted molar refractivity (Wildman–Crippen MR) is 50.5 cm³/mol. The molecule has 0 atom stereocenters. The number of rotatable bonds is 2. The number of ether oxygens (including phenoxy) is 1. The molecular weight excluding hydrogens is 261 g/mol. The number of hydrogen-bond acceptors (Lipinski definition) is 2. The summed E-state index contributed by atoms with van der Waals surface area (Å²) in [6, 6.07) is -0.432. The summed E-state index contributed by atoms with van der Waals surface area (Å²) in [6.45, 7) is 3.03. The van der Waals surface area contributed by atoms with Gasteiger partial charge in [-0.3, -0.25) is 0 Å². The van der Waals surface area contributed by atoms with Crippen LogP contribution in [-0.2, 0) is 0 Å². The molecule has 1 rings (SSSR count). The second-order valence-corrected chi connectivity index (χ2v) is 3.59. The Bertz CT molecular complexity index is 461. The van der Waals surface area contributed by atoms with Gasteiger partial charge in [-0.15, -0.1) is 0 Å². The summed E-state index contributed by atoms with van der Waals surface area (Å²) < 4.78 is 68.4. The molecule has 0 saturated carbocycles. The molecule has 1 aromatic rings. The second kappa shape index (κ2) is 5.19. The highest BCUT2D eigenvalue weighted by Gasteiger charge is 2.28. The van der Waals surface area contributed by atoms with Gasteiger partial charge < -0.3 is 10.1 Å². The number of halogens is 5. The molecule has 0 aliphatic heterocycles. The molecule has 0 aliphatic rings. The van der Waals surface area contributed by atoms with E-state index in [1.54, 1.807) is 0 Å². The van der Waals surface area contributed by atoms with Gasteiger partial charge >= 0.3 is 6.09 Å². The quantitative estimate of drug-likeness (QED) is 0.509. The Balaban J connectivity index is 3.14. The summed E-state index contributed by atoms with van der Waals surface area (Å²) in [6.07, 6.45) is -1.33. The summed E-state index contributed by atoms with van der Waals surface area (Å²) in [7, 11) is 0. The fourth-order valence-corrected chi connectivity index (χ4v) is 1.03. The van der Waals surface area contributed by atoms with Gasteiger partial charge in [0.05, 0.1) is 0 Å².